The second kappa shape index (κ2) is 6.41. The fourth-order valence-corrected chi connectivity index (χ4v) is 1.63. The molecule has 0 atom stereocenters. The van der Waals surface area contributed by atoms with E-state index in [1.165, 1.54) is 25.3 Å². The quantitative estimate of drug-likeness (QED) is 0.392. The maximum absolute atomic E-state index is 11.2. The van der Waals surface area contributed by atoms with Crippen LogP contribution in [0.4, 0.5) is 0 Å². The van der Waals surface area contributed by atoms with Gasteiger partial charge in [-0.1, -0.05) is 24.6 Å². The Bertz CT molecular complexity index is 222. The maximum Gasteiger partial charge on any atom is 0.331 e. The lowest BCUT2D eigenvalue weighted by Gasteiger charge is -2.20. The topological polar surface area (TPSA) is 26.3 Å². The summed E-state index contributed by atoms with van der Waals surface area (Å²) in [6.45, 7) is 1.91. The number of ether oxygens (including phenoxy) is 1. The highest BCUT2D eigenvalue weighted by molar-refractivity contribution is 5.82. The van der Waals surface area contributed by atoms with Crippen molar-refractivity contribution in [2.45, 2.75) is 45.1 Å². The van der Waals surface area contributed by atoms with E-state index in [1.54, 1.807) is 6.08 Å². The van der Waals surface area contributed by atoms with Crippen LogP contribution in [0.15, 0.2) is 24.3 Å². The number of hydrogen-bond acceptors (Lipinski definition) is 2. The Labute approximate surface area is 85.6 Å². The average Bonchev–Trinajstić information content (AvgIpc) is 2.20. The first-order valence-electron chi connectivity index (χ1n) is 5.33. The lowest BCUT2D eigenvalue weighted by molar-refractivity contribution is -0.144. The molecule has 1 aliphatic carbocycles. The number of hydrogen-bond donors (Lipinski definition) is 0. The Morgan fingerprint density at radius 1 is 1.21 bits per heavy atom. The molecule has 0 aromatic heterocycles. The normalized spacial score (nSPS) is 19.2. The standard InChI is InChI=1S/C12H18O2/c1-2-3-5-10-12(13)14-11-8-6-4-7-9-11/h2-3,5,10-11H,4,6-9H2,1H3/b3-2+,10-5+. The Kier molecular flexibility index (Phi) is 5.05. The highest BCUT2D eigenvalue weighted by atomic mass is 16.5. The van der Waals surface area contributed by atoms with Gasteiger partial charge in [0, 0.05) is 6.08 Å². The molecule has 2 nitrogen and oxygen atoms in total. The van der Waals surface area contributed by atoms with Gasteiger partial charge < -0.3 is 4.74 Å². The summed E-state index contributed by atoms with van der Waals surface area (Å²) in [6, 6.07) is 0. The first kappa shape index (κ1) is 11.0. The molecule has 0 aliphatic heterocycles. The van der Waals surface area contributed by atoms with Gasteiger partial charge >= 0.3 is 5.97 Å². The van der Waals surface area contributed by atoms with Crippen LogP contribution in [0, 0.1) is 0 Å². The molecule has 0 amide bonds. The van der Waals surface area contributed by atoms with Crippen LogP contribution in [0.1, 0.15) is 39.0 Å². The lowest BCUT2D eigenvalue weighted by Crippen LogP contribution is -2.19. The smallest absolute Gasteiger partial charge is 0.331 e. The molecule has 0 aromatic carbocycles. The highest BCUT2D eigenvalue weighted by Gasteiger charge is 2.15. The number of carbonyl (C=O) groups is 1. The van der Waals surface area contributed by atoms with Crippen LogP contribution in [-0.4, -0.2) is 12.1 Å². The zero-order valence-electron chi connectivity index (χ0n) is 8.74. The van der Waals surface area contributed by atoms with Crippen LogP contribution in [0.3, 0.4) is 0 Å². The molecule has 0 aromatic rings. The highest BCUT2D eigenvalue weighted by Crippen LogP contribution is 2.20. The average molecular weight is 194 g/mol. The molecule has 0 N–H and O–H groups in total. The lowest BCUT2D eigenvalue weighted by atomic mass is 9.98. The fourth-order valence-electron chi connectivity index (χ4n) is 1.63. The Morgan fingerprint density at radius 2 is 1.93 bits per heavy atom. The minimum Gasteiger partial charge on any atom is -0.459 e. The number of rotatable bonds is 3. The van der Waals surface area contributed by atoms with Crippen molar-refractivity contribution in [3.05, 3.63) is 24.3 Å². The van der Waals surface area contributed by atoms with Crippen molar-refractivity contribution in [3.63, 3.8) is 0 Å². The van der Waals surface area contributed by atoms with E-state index in [2.05, 4.69) is 0 Å². The zero-order valence-corrected chi connectivity index (χ0v) is 8.74. The van der Waals surface area contributed by atoms with Crippen molar-refractivity contribution < 1.29 is 9.53 Å². The van der Waals surface area contributed by atoms with Crippen molar-refractivity contribution in [1.29, 1.82) is 0 Å². The van der Waals surface area contributed by atoms with Gasteiger partial charge in [-0.15, -0.1) is 0 Å². The molecule has 2 heteroatoms. The van der Waals surface area contributed by atoms with E-state index in [1.807, 2.05) is 19.1 Å². The molecule has 1 saturated carbocycles. The minimum absolute atomic E-state index is 0.159. The summed E-state index contributed by atoms with van der Waals surface area (Å²) in [5.41, 5.74) is 0. The monoisotopic (exact) mass is 194 g/mol. The first-order valence-corrected chi connectivity index (χ1v) is 5.33. The third-order valence-electron chi connectivity index (χ3n) is 2.37. The second-order valence-corrected chi connectivity index (χ2v) is 3.58. The van der Waals surface area contributed by atoms with Crippen molar-refractivity contribution in [2.24, 2.45) is 0 Å². The predicted molar refractivity (Wildman–Crippen MR) is 56.9 cm³/mol. The molecule has 0 unspecified atom stereocenters. The van der Waals surface area contributed by atoms with Gasteiger partial charge in [-0.05, 0) is 32.6 Å². The molecule has 1 fully saturated rings. The number of carbonyl (C=O) groups excluding carboxylic acids is 1. The van der Waals surface area contributed by atoms with Crippen LogP contribution in [0.2, 0.25) is 0 Å². The van der Waals surface area contributed by atoms with Crippen LogP contribution in [-0.2, 0) is 9.53 Å². The minimum atomic E-state index is -0.213. The Hall–Kier alpha value is -1.05. The third-order valence-corrected chi connectivity index (χ3v) is 2.37. The molecule has 1 aliphatic rings. The number of allylic oxidation sites excluding steroid dienone is 3. The summed E-state index contributed by atoms with van der Waals surface area (Å²) in [6.07, 6.45) is 12.8. The molecule has 0 spiro atoms. The van der Waals surface area contributed by atoms with Crippen LogP contribution >= 0.6 is 0 Å². The second-order valence-electron chi connectivity index (χ2n) is 3.58. The predicted octanol–water partition coefficient (Wildman–Crippen LogP) is 2.99. The zero-order chi connectivity index (χ0) is 10.2. The van der Waals surface area contributed by atoms with Gasteiger partial charge in [-0.2, -0.15) is 0 Å². The molecule has 0 saturated heterocycles. The summed E-state index contributed by atoms with van der Waals surface area (Å²) in [5.74, 6) is -0.213. The first-order chi connectivity index (χ1) is 6.83. The third kappa shape index (κ3) is 4.26. The van der Waals surface area contributed by atoms with Crippen molar-refractivity contribution >= 4 is 5.97 Å². The summed E-state index contributed by atoms with van der Waals surface area (Å²) in [5, 5.41) is 0. The molecule has 0 heterocycles. The van der Waals surface area contributed by atoms with Gasteiger partial charge in [-0.25, -0.2) is 4.79 Å². The fraction of sp³-hybridized carbons (Fsp3) is 0.583. The maximum atomic E-state index is 11.2. The van der Waals surface area contributed by atoms with E-state index in [4.69, 9.17) is 4.74 Å². The van der Waals surface area contributed by atoms with E-state index in [-0.39, 0.29) is 12.1 Å². The van der Waals surface area contributed by atoms with Gasteiger partial charge in [0.25, 0.3) is 0 Å². The summed E-state index contributed by atoms with van der Waals surface area (Å²) in [7, 11) is 0. The van der Waals surface area contributed by atoms with Crippen molar-refractivity contribution in [1.82, 2.24) is 0 Å². The molecule has 1 rings (SSSR count). The van der Waals surface area contributed by atoms with E-state index >= 15 is 0 Å². The largest absolute Gasteiger partial charge is 0.459 e. The molecule has 0 radical (unpaired) electrons. The van der Waals surface area contributed by atoms with E-state index < -0.39 is 0 Å². The molecule has 14 heavy (non-hydrogen) atoms. The SMILES string of the molecule is C/C=C/C=C/C(=O)OC1CCCCC1. The van der Waals surface area contributed by atoms with Gasteiger partial charge in [0.2, 0.25) is 0 Å². The van der Waals surface area contributed by atoms with Crippen molar-refractivity contribution in [3.8, 4) is 0 Å². The Morgan fingerprint density at radius 3 is 2.57 bits per heavy atom. The number of esters is 1. The summed E-state index contributed by atoms with van der Waals surface area (Å²) < 4.78 is 5.28. The van der Waals surface area contributed by atoms with Crippen molar-refractivity contribution in [2.75, 3.05) is 0 Å². The van der Waals surface area contributed by atoms with Gasteiger partial charge in [0.15, 0.2) is 0 Å². The Balaban J connectivity index is 2.25. The van der Waals surface area contributed by atoms with E-state index in [9.17, 15) is 4.79 Å². The van der Waals surface area contributed by atoms with Crippen LogP contribution in [0.25, 0.3) is 0 Å². The van der Waals surface area contributed by atoms with Gasteiger partial charge in [0.05, 0.1) is 0 Å². The molecular formula is C12H18O2. The summed E-state index contributed by atoms with van der Waals surface area (Å²) >= 11 is 0. The molecular weight excluding hydrogens is 176 g/mol. The molecule has 78 valence electrons. The van der Waals surface area contributed by atoms with Gasteiger partial charge in [0.1, 0.15) is 6.10 Å². The van der Waals surface area contributed by atoms with E-state index in [0.29, 0.717) is 0 Å². The van der Waals surface area contributed by atoms with Crippen LogP contribution < -0.4 is 0 Å². The van der Waals surface area contributed by atoms with Gasteiger partial charge in [-0.3, -0.25) is 0 Å². The molecule has 0 bridgehead atoms. The van der Waals surface area contributed by atoms with E-state index in [0.717, 1.165) is 12.8 Å². The summed E-state index contributed by atoms with van der Waals surface area (Å²) in [4.78, 5) is 11.2. The van der Waals surface area contributed by atoms with Crippen LogP contribution in [0.5, 0.6) is 0 Å².